The van der Waals surface area contributed by atoms with Gasteiger partial charge in [-0.1, -0.05) is 59.7 Å². The van der Waals surface area contributed by atoms with Gasteiger partial charge in [-0.15, -0.1) is 0 Å². The molecule has 3 rings (SSSR count). The molecule has 0 fully saturated rings. The molecule has 0 unspecified atom stereocenters. The Hall–Kier alpha value is -3.28. The second-order valence-electron chi connectivity index (χ2n) is 10.5. The fourth-order valence-corrected chi connectivity index (χ4v) is 3.71. The van der Waals surface area contributed by atoms with E-state index >= 15 is 0 Å². The predicted octanol–water partition coefficient (Wildman–Crippen LogP) is 6.53. The van der Waals surface area contributed by atoms with E-state index in [2.05, 4.69) is 53.7 Å². The molecular formula is C28H34O6. The molecule has 0 spiro atoms. The maximum absolute atomic E-state index is 11.2. The molecule has 34 heavy (non-hydrogen) atoms. The fraction of sp³-hybridized carbons (Fsp3) is 0.429. The summed E-state index contributed by atoms with van der Waals surface area (Å²) < 4.78 is 21.7. The molecule has 0 aliphatic carbocycles. The first kappa shape index (κ1) is 25.3. The summed E-state index contributed by atoms with van der Waals surface area (Å²) in [7, 11) is 0. The Balaban J connectivity index is 1.91. The van der Waals surface area contributed by atoms with Crippen LogP contribution in [0.1, 0.15) is 66.5 Å². The number of fused-ring (bicyclic) bond motifs is 1. The van der Waals surface area contributed by atoms with Gasteiger partial charge in [0.2, 0.25) is 0 Å². The Morgan fingerprint density at radius 3 is 1.97 bits per heavy atom. The summed E-state index contributed by atoms with van der Waals surface area (Å²) in [4.78, 5) is 22.4. The quantitative estimate of drug-likeness (QED) is 0.304. The summed E-state index contributed by atoms with van der Waals surface area (Å²) in [6, 6.07) is 12.0. The van der Waals surface area contributed by atoms with Crippen LogP contribution in [-0.2, 0) is 29.9 Å². The SMILES string of the molecule is CC(=O)OC(COc1ccc(-c2coc3c(C(C)(C)C)cc(C(C)(C)C)cc23)cc1)OC(C)=O. The fourth-order valence-electron chi connectivity index (χ4n) is 3.71. The second-order valence-corrected chi connectivity index (χ2v) is 10.5. The summed E-state index contributed by atoms with van der Waals surface area (Å²) in [5.74, 6) is -0.547. The van der Waals surface area contributed by atoms with E-state index in [1.807, 2.05) is 24.3 Å². The zero-order valence-corrected chi connectivity index (χ0v) is 21.3. The Morgan fingerprint density at radius 2 is 1.47 bits per heavy atom. The molecule has 0 atom stereocenters. The van der Waals surface area contributed by atoms with Crippen molar-refractivity contribution in [3.63, 3.8) is 0 Å². The minimum absolute atomic E-state index is 0.000847. The first-order valence-corrected chi connectivity index (χ1v) is 11.4. The summed E-state index contributed by atoms with van der Waals surface area (Å²) in [6.45, 7) is 15.6. The predicted molar refractivity (Wildman–Crippen MR) is 132 cm³/mol. The molecule has 6 heteroatoms. The van der Waals surface area contributed by atoms with E-state index in [9.17, 15) is 9.59 Å². The number of hydrogen-bond donors (Lipinski definition) is 0. The van der Waals surface area contributed by atoms with Gasteiger partial charge in [0, 0.05) is 30.4 Å². The highest BCUT2D eigenvalue weighted by molar-refractivity contribution is 5.96. The number of carbonyl (C=O) groups is 2. The molecule has 6 nitrogen and oxygen atoms in total. The Labute approximate surface area is 201 Å². The van der Waals surface area contributed by atoms with Crippen LogP contribution in [0.3, 0.4) is 0 Å². The maximum atomic E-state index is 11.2. The zero-order chi connectivity index (χ0) is 25.3. The van der Waals surface area contributed by atoms with E-state index in [0.717, 1.165) is 22.1 Å². The van der Waals surface area contributed by atoms with Gasteiger partial charge in [0.1, 0.15) is 11.3 Å². The average molecular weight is 467 g/mol. The van der Waals surface area contributed by atoms with Crippen LogP contribution in [0.25, 0.3) is 22.1 Å². The van der Waals surface area contributed by atoms with Gasteiger partial charge in [-0.05, 0) is 40.2 Å². The lowest BCUT2D eigenvalue weighted by molar-refractivity contribution is -0.189. The number of ether oxygens (including phenoxy) is 3. The third-order valence-electron chi connectivity index (χ3n) is 5.49. The number of carbonyl (C=O) groups excluding carboxylic acids is 2. The largest absolute Gasteiger partial charge is 0.486 e. The van der Waals surface area contributed by atoms with Crippen LogP contribution in [0, 0.1) is 0 Å². The van der Waals surface area contributed by atoms with Gasteiger partial charge in [0.05, 0.1) is 6.26 Å². The van der Waals surface area contributed by atoms with Crippen LogP contribution in [0.5, 0.6) is 5.75 Å². The molecule has 3 aromatic rings. The first-order valence-electron chi connectivity index (χ1n) is 11.4. The van der Waals surface area contributed by atoms with Crippen LogP contribution >= 0.6 is 0 Å². The summed E-state index contributed by atoms with van der Waals surface area (Å²) in [6.07, 6.45) is 0.707. The highest BCUT2D eigenvalue weighted by Crippen LogP contribution is 2.40. The molecule has 2 aromatic carbocycles. The van der Waals surface area contributed by atoms with Gasteiger partial charge in [0.15, 0.2) is 6.61 Å². The zero-order valence-electron chi connectivity index (χ0n) is 21.3. The summed E-state index contributed by atoms with van der Waals surface area (Å²) in [5.41, 5.74) is 5.29. The van der Waals surface area contributed by atoms with Gasteiger partial charge < -0.3 is 18.6 Å². The average Bonchev–Trinajstić information content (AvgIpc) is 3.13. The minimum Gasteiger partial charge on any atom is -0.486 e. The van der Waals surface area contributed by atoms with Crippen molar-refractivity contribution in [3.05, 3.63) is 53.8 Å². The van der Waals surface area contributed by atoms with E-state index in [1.165, 1.54) is 25.0 Å². The monoisotopic (exact) mass is 466 g/mol. The second kappa shape index (κ2) is 9.53. The third kappa shape index (κ3) is 5.99. The molecule has 1 heterocycles. The smallest absolute Gasteiger partial charge is 0.305 e. The molecule has 0 bridgehead atoms. The van der Waals surface area contributed by atoms with Crippen molar-refractivity contribution in [1.29, 1.82) is 0 Å². The van der Waals surface area contributed by atoms with Crippen molar-refractivity contribution >= 4 is 22.9 Å². The normalized spacial score (nSPS) is 12.1. The van der Waals surface area contributed by atoms with E-state index in [1.54, 1.807) is 6.26 Å². The molecule has 0 amide bonds. The van der Waals surface area contributed by atoms with E-state index in [-0.39, 0.29) is 17.4 Å². The Bertz CT molecular complexity index is 1160. The Kier molecular flexibility index (Phi) is 7.10. The Morgan fingerprint density at radius 1 is 0.882 bits per heavy atom. The van der Waals surface area contributed by atoms with E-state index in [4.69, 9.17) is 18.6 Å². The summed E-state index contributed by atoms with van der Waals surface area (Å²) >= 11 is 0. The van der Waals surface area contributed by atoms with Gasteiger partial charge in [0.25, 0.3) is 6.29 Å². The van der Waals surface area contributed by atoms with Crippen LogP contribution in [0.2, 0.25) is 0 Å². The first-order chi connectivity index (χ1) is 15.8. The highest BCUT2D eigenvalue weighted by Gasteiger charge is 2.25. The lowest BCUT2D eigenvalue weighted by atomic mass is 9.79. The lowest BCUT2D eigenvalue weighted by Gasteiger charge is -2.25. The van der Waals surface area contributed by atoms with Crippen LogP contribution in [-0.4, -0.2) is 24.8 Å². The number of esters is 2. The van der Waals surface area contributed by atoms with Crippen molar-refractivity contribution in [2.45, 2.75) is 72.5 Å². The number of hydrogen-bond acceptors (Lipinski definition) is 6. The molecule has 0 saturated heterocycles. The highest BCUT2D eigenvalue weighted by atomic mass is 16.7. The molecule has 0 aliphatic rings. The van der Waals surface area contributed by atoms with Gasteiger partial charge in [-0.2, -0.15) is 0 Å². The molecule has 0 N–H and O–H groups in total. The van der Waals surface area contributed by atoms with Gasteiger partial charge in [-0.3, -0.25) is 9.59 Å². The molecule has 0 radical (unpaired) electrons. The lowest BCUT2D eigenvalue weighted by Crippen LogP contribution is -2.28. The van der Waals surface area contributed by atoms with Gasteiger partial charge >= 0.3 is 11.9 Å². The molecule has 0 aliphatic heterocycles. The number of rotatable bonds is 6. The van der Waals surface area contributed by atoms with E-state index < -0.39 is 18.2 Å². The van der Waals surface area contributed by atoms with Crippen molar-refractivity contribution in [2.24, 2.45) is 0 Å². The van der Waals surface area contributed by atoms with Crippen molar-refractivity contribution in [3.8, 4) is 16.9 Å². The molecular weight excluding hydrogens is 432 g/mol. The molecule has 182 valence electrons. The van der Waals surface area contributed by atoms with Crippen LogP contribution in [0.4, 0.5) is 0 Å². The standard InChI is InChI=1S/C28H34O6/c1-17(29)33-25(34-18(2)30)16-31-21-11-9-19(10-12-21)23-15-32-26-22(23)13-20(27(3,4)5)14-24(26)28(6,7)8/h9-15,25H,16H2,1-8H3. The maximum Gasteiger partial charge on any atom is 0.305 e. The summed E-state index contributed by atoms with van der Waals surface area (Å²) in [5, 5.41) is 1.08. The van der Waals surface area contributed by atoms with Crippen LogP contribution < -0.4 is 4.74 Å². The van der Waals surface area contributed by atoms with Crippen molar-refractivity contribution < 1.29 is 28.2 Å². The van der Waals surface area contributed by atoms with Crippen LogP contribution in [0.15, 0.2) is 47.1 Å². The van der Waals surface area contributed by atoms with E-state index in [0.29, 0.717) is 5.75 Å². The molecule has 0 saturated carbocycles. The van der Waals surface area contributed by atoms with Crippen molar-refractivity contribution in [2.75, 3.05) is 6.61 Å². The third-order valence-corrected chi connectivity index (χ3v) is 5.49. The number of furan rings is 1. The number of benzene rings is 2. The minimum atomic E-state index is -1.10. The molecule has 1 aromatic heterocycles. The van der Waals surface area contributed by atoms with Gasteiger partial charge in [-0.25, -0.2) is 0 Å². The topological polar surface area (TPSA) is 75.0 Å². The van der Waals surface area contributed by atoms with Crippen molar-refractivity contribution in [1.82, 2.24) is 0 Å².